The van der Waals surface area contributed by atoms with E-state index in [1.165, 1.54) is 32.0 Å². The summed E-state index contributed by atoms with van der Waals surface area (Å²) in [6.45, 7) is 0. The van der Waals surface area contributed by atoms with Gasteiger partial charge >= 0.3 is 7.12 Å². The van der Waals surface area contributed by atoms with E-state index < -0.39 is 7.12 Å². The van der Waals surface area contributed by atoms with Crippen LogP contribution in [0.15, 0.2) is 142 Å². The Hall–Kier alpha value is -1.13. The minimum atomic E-state index is -1.44. The summed E-state index contributed by atoms with van der Waals surface area (Å²) in [6.07, 6.45) is 0. The number of fused-ring (bicyclic) bond motifs is 6. The molecule has 0 radical (unpaired) electrons. The molecule has 0 aliphatic rings. The Morgan fingerprint density at radius 3 is 1.40 bits per heavy atom. The second-order valence-corrected chi connectivity index (χ2v) is 16.6. The summed E-state index contributed by atoms with van der Waals surface area (Å²) in [7, 11) is -1.44. The van der Waals surface area contributed by atoms with Gasteiger partial charge in [0.05, 0.1) is 17.6 Å². The number of hydrogen-bond donors (Lipinski definition) is 2. The van der Waals surface area contributed by atoms with E-state index >= 15 is 0 Å². The van der Waals surface area contributed by atoms with E-state index in [9.17, 15) is 10.0 Å². The molecule has 0 saturated heterocycles. The first-order chi connectivity index (χ1) is 22.2. The SMILES string of the molecule is Brc1csc(-c2cc3ccccc3c3ccccc23)c1Br.Brc1csc(Br)c1Br.I.OB(O)c1cc2ccccc2c2ccccc12. The molecule has 0 saturated carbocycles. The first kappa shape index (κ1) is 37.1. The van der Waals surface area contributed by atoms with E-state index in [2.05, 4.69) is 140 Å². The van der Waals surface area contributed by atoms with Gasteiger partial charge in [0.2, 0.25) is 0 Å². The highest BCUT2D eigenvalue weighted by Gasteiger charge is 2.16. The second kappa shape index (κ2) is 16.7. The van der Waals surface area contributed by atoms with Gasteiger partial charge in [-0.3, -0.25) is 0 Å². The predicted molar refractivity (Wildman–Crippen MR) is 234 cm³/mol. The maximum absolute atomic E-state index is 9.44. The number of halogens is 6. The molecule has 0 unspecified atom stereocenters. The summed E-state index contributed by atoms with van der Waals surface area (Å²) in [4.78, 5) is 1.27. The number of benzene rings is 6. The Bertz CT molecular complexity index is 2320. The van der Waals surface area contributed by atoms with Crippen molar-refractivity contribution in [2.45, 2.75) is 0 Å². The first-order valence-electron chi connectivity index (χ1n) is 13.9. The van der Waals surface area contributed by atoms with Crippen LogP contribution in [0.4, 0.5) is 0 Å². The molecule has 2 nitrogen and oxygen atoms in total. The molecule has 6 aromatic carbocycles. The zero-order valence-electron chi connectivity index (χ0n) is 24.1. The molecule has 0 atom stereocenters. The largest absolute Gasteiger partial charge is 0.489 e. The lowest BCUT2D eigenvalue weighted by Crippen LogP contribution is -2.30. The van der Waals surface area contributed by atoms with Gasteiger partial charge in [0, 0.05) is 25.3 Å². The molecular weight excluding hydrogens is 1070 g/mol. The van der Waals surface area contributed by atoms with Crippen molar-refractivity contribution in [3.63, 3.8) is 0 Å². The highest BCUT2D eigenvalue weighted by molar-refractivity contribution is 14.0. The van der Waals surface area contributed by atoms with Gasteiger partial charge in [0.15, 0.2) is 0 Å². The monoisotopic (exact) mass is 1080 g/mol. The van der Waals surface area contributed by atoms with Crippen LogP contribution in [0, 0.1) is 0 Å². The fraction of sp³-hybridized carbons (Fsp3) is 0. The minimum Gasteiger partial charge on any atom is -0.423 e. The third kappa shape index (κ3) is 8.11. The van der Waals surface area contributed by atoms with E-state index in [-0.39, 0.29) is 24.0 Å². The summed E-state index contributed by atoms with van der Waals surface area (Å²) in [5, 5.41) is 32.3. The highest BCUT2D eigenvalue weighted by atomic mass is 127. The lowest BCUT2D eigenvalue weighted by atomic mass is 9.76. The molecule has 8 rings (SSSR count). The highest BCUT2D eigenvalue weighted by Crippen LogP contribution is 2.44. The van der Waals surface area contributed by atoms with Crippen LogP contribution < -0.4 is 5.46 Å². The third-order valence-corrected chi connectivity index (χ3v) is 15.8. The van der Waals surface area contributed by atoms with Crippen molar-refractivity contribution in [1.29, 1.82) is 0 Å². The lowest BCUT2D eigenvalue weighted by molar-refractivity contribution is 0.426. The zero-order valence-corrected chi connectivity index (χ0v) is 36.0. The van der Waals surface area contributed by atoms with Gasteiger partial charge in [-0.15, -0.1) is 46.7 Å². The Morgan fingerprint density at radius 1 is 0.489 bits per heavy atom. The number of thiophene rings is 2. The Morgan fingerprint density at radius 2 is 0.936 bits per heavy atom. The van der Waals surface area contributed by atoms with Gasteiger partial charge in [-0.1, -0.05) is 103 Å². The van der Waals surface area contributed by atoms with Gasteiger partial charge in [0.25, 0.3) is 0 Å². The fourth-order valence-corrected chi connectivity index (χ4v) is 10.0. The van der Waals surface area contributed by atoms with Gasteiger partial charge in [0.1, 0.15) is 0 Å². The predicted octanol–water partition coefficient (Wildman–Crippen LogP) is 13.6. The quantitative estimate of drug-likeness (QED) is 0.103. The molecule has 0 fully saturated rings. The van der Waals surface area contributed by atoms with Gasteiger partial charge < -0.3 is 10.0 Å². The molecule has 0 spiro atoms. The molecule has 2 N–H and O–H groups in total. The molecule has 0 aliphatic heterocycles. The molecular formula is C36H23BBr5IO2S2. The van der Waals surface area contributed by atoms with Crippen molar-refractivity contribution in [3.05, 3.63) is 142 Å². The van der Waals surface area contributed by atoms with Crippen molar-refractivity contribution in [1.82, 2.24) is 0 Å². The molecule has 0 amide bonds. The van der Waals surface area contributed by atoms with Gasteiger partial charge in [-0.25, -0.2) is 0 Å². The smallest absolute Gasteiger partial charge is 0.423 e. The molecule has 0 aliphatic carbocycles. The van der Waals surface area contributed by atoms with Crippen LogP contribution in [0.25, 0.3) is 53.5 Å². The maximum Gasteiger partial charge on any atom is 0.489 e. The summed E-state index contributed by atoms with van der Waals surface area (Å²) in [6, 6.07) is 37.1. The Labute approximate surface area is 340 Å². The van der Waals surface area contributed by atoms with E-state index in [0.717, 1.165) is 43.2 Å². The Balaban J connectivity index is 0.000000150. The van der Waals surface area contributed by atoms with Gasteiger partial charge in [-0.2, -0.15) is 0 Å². The number of rotatable bonds is 2. The van der Waals surface area contributed by atoms with E-state index in [4.69, 9.17) is 0 Å². The van der Waals surface area contributed by atoms with Gasteiger partial charge in [-0.05, 0) is 134 Å². The van der Waals surface area contributed by atoms with Crippen LogP contribution >= 0.6 is 126 Å². The standard InChI is InChI=1S/C18H10Br2S.C14H11BO2.C4HBr3S.HI/c19-16-10-21-18(17(16)20)15-9-11-5-1-2-6-12(11)13-7-3-4-8-14(13)15;16-15(17)14-9-10-5-1-2-6-11(10)12-7-3-4-8-13(12)14;5-2-1-8-4(7)3(2)6;/h1-10H;1-9,16-17H;1H;1H. The summed E-state index contributed by atoms with van der Waals surface area (Å²) in [5.74, 6) is 0. The van der Waals surface area contributed by atoms with Crippen LogP contribution in [0.3, 0.4) is 0 Å². The minimum absolute atomic E-state index is 0. The first-order valence-corrected chi connectivity index (χ1v) is 19.6. The topological polar surface area (TPSA) is 40.5 Å². The van der Waals surface area contributed by atoms with Crippen molar-refractivity contribution in [2.75, 3.05) is 0 Å². The van der Waals surface area contributed by atoms with Crippen molar-refractivity contribution >= 4 is 182 Å². The second-order valence-electron chi connectivity index (χ2n) is 10.2. The van der Waals surface area contributed by atoms with Crippen molar-refractivity contribution in [3.8, 4) is 10.4 Å². The van der Waals surface area contributed by atoms with Crippen LogP contribution in [0.5, 0.6) is 0 Å². The van der Waals surface area contributed by atoms with Crippen molar-refractivity contribution in [2.24, 2.45) is 0 Å². The van der Waals surface area contributed by atoms with Crippen LogP contribution in [0.2, 0.25) is 0 Å². The summed E-state index contributed by atoms with van der Waals surface area (Å²) in [5.41, 5.74) is 1.84. The summed E-state index contributed by atoms with van der Waals surface area (Å²) >= 11 is 20.8. The number of hydrogen-bond acceptors (Lipinski definition) is 4. The van der Waals surface area contributed by atoms with Crippen LogP contribution in [0.1, 0.15) is 0 Å². The molecule has 47 heavy (non-hydrogen) atoms. The van der Waals surface area contributed by atoms with E-state index in [1.54, 1.807) is 22.7 Å². The van der Waals surface area contributed by atoms with E-state index in [0.29, 0.717) is 5.46 Å². The molecule has 2 aromatic heterocycles. The lowest BCUT2D eigenvalue weighted by Gasteiger charge is -2.10. The molecule has 236 valence electrons. The Kier molecular flexibility index (Phi) is 13.2. The van der Waals surface area contributed by atoms with Crippen molar-refractivity contribution < 1.29 is 10.0 Å². The van der Waals surface area contributed by atoms with E-state index in [1.807, 2.05) is 60.0 Å². The molecule has 8 aromatic rings. The summed E-state index contributed by atoms with van der Waals surface area (Å²) < 4.78 is 5.58. The third-order valence-electron chi connectivity index (χ3n) is 7.43. The molecule has 11 heteroatoms. The van der Waals surface area contributed by atoms with Crippen LogP contribution in [-0.2, 0) is 0 Å². The van der Waals surface area contributed by atoms with Crippen LogP contribution in [-0.4, -0.2) is 17.2 Å². The normalized spacial score (nSPS) is 10.7. The fourth-order valence-electron chi connectivity index (χ4n) is 5.34. The average Bonchev–Trinajstić information content (AvgIpc) is 3.58. The average molecular weight is 1090 g/mol. The molecule has 0 bridgehead atoms. The zero-order chi connectivity index (χ0) is 32.4. The maximum atomic E-state index is 9.44. The molecule has 2 heterocycles.